The molecule has 286 valence electrons. The van der Waals surface area contributed by atoms with Crippen molar-refractivity contribution in [1.82, 2.24) is 41.6 Å². The molecule has 51 heavy (non-hydrogen) atoms. The van der Waals surface area contributed by atoms with Gasteiger partial charge in [0, 0.05) is 37.9 Å². The molecule has 0 aromatic carbocycles. The topological polar surface area (TPSA) is 350 Å². The van der Waals surface area contributed by atoms with Crippen molar-refractivity contribution >= 4 is 60.1 Å². The monoisotopic (exact) mass is 746 g/mol. The number of nitrogens with one attached hydrogen (secondary N) is 6. The molecule has 4 atom stereocenters. The molecule has 0 radical (unpaired) electrons. The molecule has 0 saturated heterocycles. The van der Waals surface area contributed by atoms with E-state index in [-0.39, 0.29) is 50.5 Å². The quantitative estimate of drug-likeness (QED) is 0.0110. The first-order chi connectivity index (χ1) is 24.1. The number of nitrogens with zero attached hydrogens (tertiary/aromatic N) is 3. The van der Waals surface area contributed by atoms with Crippen LogP contribution in [0.4, 0.5) is 0 Å². The lowest BCUT2D eigenvalue weighted by Crippen LogP contribution is -2.58. The molecule has 12 N–H and O–H groups in total. The Morgan fingerprint density at radius 3 is 2.04 bits per heavy atom. The number of carboxylic acids is 3. The summed E-state index contributed by atoms with van der Waals surface area (Å²) in [5, 5.41) is 63.2. The Morgan fingerprint density at radius 2 is 1.45 bits per heavy atom. The molecule has 0 fully saturated rings. The molecule has 0 bridgehead atoms. The van der Waals surface area contributed by atoms with Crippen LogP contribution in [0.5, 0.6) is 0 Å². The number of hydrogen-bond donors (Lipinski definition) is 12. The van der Waals surface area contributed by atoms with Crippen LogP contribution < -0.4 is 32.3 Å². The van der Waals surface area contributed by atoms with Crippen LogP contribution in [0, 0.1) is 5.41 Å². The summed E-state index contributed by atoms with van der Waals surface area (Å²) in [5.41, 5.74) is 5.89. The molecule has 0 aliphatic heterocycles. The minimum atomic E-state index is -1.65. The number of thiol groups is 1. The number of amides is 4. The summed E-state index contributed by atoms with van der Waals surface area (Å²) in [6.07, 6.45) is 1.47. The molecule has 1 heterocycles. The third-order valence-corrected chi connectivity index (χ3v) is 7.39. The summed E-state index contributed by atoms with van der Waals surface area (Å²) in [4.78, 5) is 89.8. The van der Waals surface area contributed by atoms with Gasteiger partial charge >= 0.3 is 17.9 Å². The Morgan fingerprint density at radius 1 is 0.843 bits per heavy atom. The summed E-state index contributed by atoms with van der Waals surface area (Å²) in [6, 6.07) is -5.58. The lowest BCUT2D eigenvalue weighted by atomic mass is 10.1. The molecule has 0 aliphatic carbocycles. The Balaban J connectivity index is 2.93. The second-order valence-corrected chi connectivity index (χ2v) is 11.6. The number of carbonyl (C=O) groups is 7. The number of carboxylic acid groups (broad SMARTS) is 3. The van der Waals surface area contributed by atoms with Gasteiger partial charge < -0.3 is 47.6 Å². The first-order valence-corrected chi connectivity index (χ1v) is 16.5. The molecule has 0 saturated carbocycles. The molecular formula is C28H46N10O12S. The van der Waals surface area contributed by atoms with Gasteiger partial charge in [-0.25, -0.2) is 4.89 Å². The van der Waals surface area contributed by atoms with Crippen LogP contribution in [-0.2, 0) is 51.4 Å². The van der Waals surface area contributed by atoms with Crippen molar-refractivity contribution in [2.75, 3.05) is 18.9 Å². The minimum absolute atomic E-state index is 0.00186. The van der Waals surface area contributed by atoms with E-state index in [2.05, 4.69) is 54.4 Å². The molecule has 4 amide bonds. The predicted octanol–water partition coefficient (Wildman–Crippen LogP) is -2.57. The average molecular weight is 747 g/mol. The van der Waals surface area contributed by atoms with Gasteiger partial charge in [-0.15, -0.1) is 5.10 Å². The number of aryl methyl sites for hydroxylation is 2. The van der Waals surface area contributed by atoms with Gasteiger partial charge in [-0.05, 0) is 38.5 Å². The molecule has 1 rings (SSSR count). The molecule has 0 unspecified atom stereocenters. The van der Waals surface area contributed by atoms with Crippen molar-refractivity contribution in [3.8, 4) is 0 Å². The molecular weight excluding hydrogens is 700 g/mol. The second-order valence-electron chi connectivity index (χ2n) is 11.3. The lowest BCUT2D eigenvalue weighted by Gasteiger charge is -2.25. The summed E-state index contributed by atoms with van der Waals surface area (Å²) < 4.78 is 1.54. The zero-order valence-electron chi connectivity index (χ0n) is 27.7. The van der Waals surface area contributed by atoms with E-state index in [1.807, 2.05) is 0 Å². The van der Waals surface area contributed by atoms with Gasteiger partial charge in [0.15, 0.2) is 5.96 Å². The lowest BCUT2D eigenvalue weighted by molar-refractivity contribution is -0.245. The maximum absolute atomic E-state index is 13.3. The van der Waals surface area contributed by atoms with E-state index >= 15 is 0 Å². The van der Waals surface area contributed by atoms with E-state index in [1.165, 1.54) is 0 Å². The van der Waals surface area contributed by atoms with Crippen LogP contribution in [0.3, 0.4) is 0 Å². The Hall–Kier alpha value is -5.03. The molecule has 0 aliphatic rings. The van der Waals surface area contributed by atoms with E-state index in [0.29, 0.717) is 37.9 Å². The molecule has 1 aromatic heterocycles. The van der Waals surface area contributed by atoms with Gasteiger partial charge in [-0.1, -0.05) is 5.21 Å². The van der Waals surface area contributed by atoms with Gasteiger partial charge in [0.05, 0.1) is 24.6 Å². The number of nitrogens with two attached hydrogens (primary N) is 1. The molecule has 23 heteroatoms. The van der Waals surface area contributed by atoms with Crippen molar-refractivity contribution in [2.24, 2.45) is 5.73 Å². The van der Waals surface area contributed by atoms with Gasteiger partial charge in [0.2, 0.25) is 23.6 Å². The van der Waals surface area contributed by atoms with Gasteiger partial charge in [-0.2, -0.15) is 12.6 Å². The van der Waals surface area contributed by atoms with E-state index in [4.69, 9.17) is 21.5 Å². The highest BCUT2D eigenvalue weighted by molar-refractivity contribution is 7.80. The second kappa shape index (κ2) is 24.2. The van der Waals surface area contributed by atoms with Crippen molar-refractivity contribution in [2.45, 2.75) is 94.9 Å². The smallest absolute Gasteiger partial charge is 0.305 e. The van der Waals surface area contributed by atoms with E-state index in [9.17, 15) is 43.8 Å². The fourth-order valence-corrected chi connectivity index (χ4v) is 4.65. The van der Waals surface area contributed by atoms with Crippen LogP contribution in [0.25, 0.3) is 0 Å². The summed E-state index contributed by atoms with van der Waals surface area (Å²) >= 11 is 4.01. The first-order valence-electron chi connectivity index (χ1n) is 15.8. The van der Waals surface area contributed by atoms with E-state index < -0.39 is 78.5 Å². The first kappa shape index (κ1) is 44.0. The number of aromatic nitrogens is 3. The molecule has 0 spiro atoms. The average Bonchev–Trinajstić information content (AvgIpc) is 3.50. The highest BCUT2D eigenvalue weighted by Gasteiger charge is 2.32. The maximum atomic E-state index is 13.3. The normalized spacial score (nSPS) is 13.1. The zero-order chi connectivity index (χ0) is 38.3. The minimum Gasteiger partial charge on any atom is -0.481 e. The number of unbranched alkanes of at least 4 members (excludes halogenated alkanes) is 1. The number of hydrogen-bond acceptors (Lipinski definition) is 13. The standard InChI is InChI=1S/C28H46N10O12S/c29-28(30)31-9-4-6-18(25(46)35-20(12-24(44)45)26(47)32-17(15-51)14-50-49)34-27(48)19(11-23(42)43)33-21(39)7-1-2-10-38-13-16(36-37-38)5-3-8-22(40)41/h13,17-20,49,51H,1-12,14-15H2,(H,32,47)(H,33,39)(H,34,48)(H,35,46)(H,40,41)(H,42,43)(H,44,45)(H4,29,30,31)/t17-,18+,19+,20+/m1/s1. The molecule has 22 nitrogen and oxygen atoms in total. The largest absolute Gasteiger partial charge is 0.481 e. The number of carbonyl (C=O) groups excluding carboxylic acids is 4. The van der Waals surface area contributed by atoms with Gasteiger partial charge in [0.1, 0.15) is 24.7 Å². The Kier molecular flexibility index (Phi) is 20.9. The Bertz CT molecular complexity index is 1350. The Labute approximate surface area is 297 Å². The number of guanidine groups is 1. The predicted molar refractivity (Wildman–Crippen MR) is 178 cm³/mol. The molecule has 1 aromatic rings. The highest BCUT2D eigenvalue weighted by Crippen LogP contribution is 2.07. The van der Waals surface area contributed by atoms with Crippen molar-refractivity contribution in [1.29, 1.82) is 5.41 Å². The number of rotatable bonds is 27. The fourth-order valence-electron chi connectivity index (χ4n) is 4.45. The van der Waals surface area contributed by atoms with E-state index in [0.717, 1.165) is 0 Å². The van der Waals surface area contributed by atoms with Gasteiger partial charge in [0.25, 0.3) is 0 Å². The summed E-state index contributed by atoms with van der Waals surface area (Å²) in [5.74, 6) is -7.84. The SMILES string of the molecule is N=C(N)NCCC[C@H](NC(=O)[C@H](CC(=O)O)NC(=O)CCCCn1cc(CCCC(=O)O)nn1)C(=O)N[C@@H](CC(=O)O)C(=O)N[C@@H](CS)COO. The van der Waals surface area contributed by atoms with Crippen LogP contribution in [0.1, 0.15) is 63.5 Å². The summed E-state index contributed by atoms with van der Waals surface area (Å²) in [6.45, 7) is 0.0788. The van der Waals surface area contributed by atoms with Crippen molar-refractivity contribution in [3.63, 3.8) is 0 Å². The van der Waals surface area contributed by atoms with Crippen LogP contribution in [-0.4, -0.2) is 126 Å². The van der Waals surface area contributed by atoms with E-state index in [1.54, 1.807) is 10.9 Å². The third kappa shape index (κ3) is 19.7. The van der Waals surface area contributed by atoms with Crippen LogP contribution >= 0.6 is 12.6 Å². The summed E-state index contributed by atoms with van der Waals surface area (Å²) in [7, 11) is 0. The van der Waals surface area contributed by atoms with Crippen LogP contribution in [0.2, 0.25) is 0 Å². The maximum Gasteiger partial charge on any atom is 0.305 e. The van der Waals surface area contributed by atoms with Crippen molar-refractivity contribution < 1.29 is 59.0 Å². The van der Waals surface area contributed by atoms with Gasteiger partial charge in [-0.3, -0.25) is 48.9 Å². The number of aliphatic carboxylic acids is 3. The zero-order valence-corrected chi connectivity index (χ0v) is 28.6. The third-order valence-electron chi connectivity index (χ3n) is 6.95. The fraction of sp³-hybridized carbons (Fsp3) is 0.643. The van der Waals surface area contributed by atoms with Crippen LogP contribution in [0.15, 0.2) is 6.20 Å². The highest BCUT2D eigenvalue weighted by atomic mass is 32.1. The van der Waals surface area contributed by atoms with Crippen molar-refractivity contribution in [3.05, 3.63) is 11.9 Å².